The summed E-state index contributed by atoms with van der Waals surface area (Å²) in [5.74, 6) is 0.489. The summed E-state index contributed by atoms with van der Waals surface area (Å²) < 4.78 is 0. The van der Waals surface area contributed by atoms with Gasteiger partial charge in [-0.3, -0.25) is 4.79 Å². The summed E-state index contributed by atoms with van der Waals surface area (Å²) in [5, 5.41) is 19.1. The van der Waals surface area contributed by atoms with Crippen LogP contribution in [-0.4, -0.2) is 31.8 Å². The monoisotopic (exact) mass is 473 g/mol. The summed E-state index contributed by atoms with van der Waals surface area (Å²) in [6.45, 7) is 0. The molecule has 0 saturated carbocycles. The summed E-state index contributed by atoms with van der Waals surface area (Å²) in [4.78, 5) is 22.7. The van der Waals surface area contributed by atoms with Crippen molar-refractivity contribution in [3.63, 3.8) is 0 Å². The van der Waals surface area contributed by atoms with Gasteiger partial charge in [-0.15, -0.1) is 32.9 Å². The van der Waals surface area contributed by atoms with Crippen molar-refractivity contribution in [1.82, 2.24) is 20.2 Å². The van der Waals surface area contributed by atoms with Crippen LogP contribution in [0.2, 0.25) is 0 Å². The van der Waals surface area contributed by atoms with Crippen LogP contribution in [0, 0.1) is 0 Å². The maximum absolute atomic E-state index is 12.3. The van der Waals surface area contributed by atoms with Gasteiger partial charge in [-0.05, 0) is 16.8 Å². The number of carbonyl (C=O) groups is 1. The smallest absolute Gasteiger partial charge is 0.226 e. The van der Waals surface area contributed by atoms with Crippen LogP contribution in [0.25, 0.3) is 43.9 Å². The molecule has 6 nitrogen and oxygen atoms in total. The zero-order chi connectivity index (χ0) is 21.5. The van der Waals surface area contributed by atoms with E-state index in [0.29, 0.717) is 22.5 Å². The zero-order valence-corrected chi connectivity index (χ0v) is 19.1. The molecule has 1 aliphatic rings. The van der Waals surface area contributed by atoms with E-state index in [1.165, 1.54) is 33.9 Å². The highest BCUT2D eigenvalue weighted by atomic mass is 32.2. The van der Waals surface area contributed by atoms with Crippen molar-refractivity contribution in [3.8, 4) is 33.1 Å². The highest BCUT2D eigenvalue weighted by Gasteiger charge is 2.24. The van der Waals surface area contributed by atoms with E-state index in [-0.39, 0.29) is 5.91 Å². The molecule has 32 heavy (non-hydrogen) atoms. The Labute approximate surface area is 195 Å². The average Bonchev–Trinajstić information content (AvgIpc) is 3.55. The number of thiazole rings is 1. The average molecular weight is 474 g/mol. The Morgan fingerprint density at radius 3 is 2.59 bits per heavy atom. The van der Waals surface area contributed by atoms with E-state index in [9.17, 15) is 4.79 Å². The fourth-order valence-corrected chi connectivity index (χ4v) is 5.97. The Morgan fingerprint density at radius 1 is 0.938 bits per heavy atom. The molecule has 0 radical (unpaired) electrons. The van der Waals surface area contributed by atoms with Crippen molar-refractivity contribution in [2.75, 3.05) is 11.1 Å². The molecule has 0 fully saturated rings. The van der Waals surface area contributed by atoms with E-state index in [0.717, 1.165) is 33.1 Å². The lowest BCUT2D eigenvalue weighted by Gasteiger charge is -2.03. The fraction of sp³-hybridized carbons (Fsp3) is 0.0870. The number of rotatable bonds is 6. The minimum Gasteiger partial charge on any atom is -0.302 e. The van der Waals surface area contributed by atoms with Gasteiger partial charge in [0, 0.05) is 34.1 Å². The van der Waals surface area contributed by atoms with Crippen LogP contribution in [0.3, 0.4) is 0 Å². The third-order valence-electron chi connectivity index (χ3n) is 5.17. The maximum Gasteiger partial charge on any atom is 0.226 e. The van der Waals surface area contributed by atoms with Gasteiger partial charge >= 0.3 is 0 Å². The van der Waals surface area contributed by atoms with Crippen LogP contribution in [0.1, 0.15) is 6.42 Å². The molecule has 1 N–H and O–H groups in total. The summed E-state index contributed by atoms with van der Waals surface area (Å²) in [5.41, 5.74) is 4.75. The number of thioether (sulfide) groups is 1. The number of nitrogens with one attached hydrogen (secondary N) is 1. The standard InChI is InChI=1S/C23H15N5OS3/c29-18(25-22-24-16(12-32-22)17-8-3-10-30-17)9-11-31-23-26-20-14-6-1-4-13-5-2-7-15(19(13)14)21(20)27-28-23/h1-8,10,12H,9,11H2,(H,24,25,29). The first-order chi connectivity index (χ1) is 15.8. The molecular formula is C23H15N5OS3. The van der Waals surface area contributed by atoms with Gasteiger partial charge in [-0.2, -0.15) is 0 Å². The van der Waals surface area contributed by atoms with Crippen molar-refractivity contribution >= 4 is 56.2 Å². The topological polar surface area (TPSA) is 80.7 Å². The van der Waals surface area contributed by atoms with Crippen LogP contribution in [0.4, 0.5) is 5.13 Å². The number of thiophene rings is 1. The molecule has 0 spiro atoms. The number of nitrogens with zero attached hydrogens (tertiary/aromatic N) is 4. The molecule has 0 atom stereocenters. The second-order valence-electron chi connectivity index (χ2n) is 7.16. The van der Waals surface area contributed by atoms with Crippen LogP contribution < -0.4 is 5.32 Å². The summed E-state index contributed by atoms with van der Waals surface area (Å²) in [7, 11) is 0. The van der Waals surface area contributed by atoms with Crippen molar-refractivity contribution in [1.29, 1.82) is 0 Å². The van der Waals surface area contributed by atoms with E-state index in [4.69, 9.17) is 4.98 Å². The third kappa shape index (κ3) is 3.48. The summed E-state index contributed by atoms with van der Waals surface area (Å²) in [6.07, 6.45) is 0.342. The molecule has 5 aromatic rings. The van der Waals surface area contributed by atoms with Crippen molar-refractivity contribution in [3.05, 3.63) is 59.3 Å². The molecule has 3 heterocycles. The number of aromatic nitrogens is 4. The molecule has 0 unspecified atom stereocenters. The number of amides is 1. The zero-order valence-electron chi connectivity index (χ0n) is 16.6. The number of hydrogen-bond acceptors (Lipinski definition) is 8. The highest BCUT2D eigenvalue weighted by Crippen LogP contribution is 2.44. The van der Waals surface area contributed by atoms with Crippen molar-refractivity contribution in [2.24, 2.45) is 0 Å². The first-order valence-electron chi connectivity index (χ1n) is 9.95. The van der Waals surface area contributed by atoms with Crippen LogP contribution in [0.5, 0.6) is 0 Å². The predicted molar refractivity (Wildman–Crippen MR) is 131 cm³/mol. The van der Waals surface area contributed by atoms with E-state index in [2.05, 4.69) is 44.8 Å². The van der Waals surface area contributed by atoms with Gasteiger partial charge in [0.25, 0.3) is 0 Å². The normalized spacial score (nSPS) is 11.6. The minimum atomic E-state index is -0.0733. The minimum absolute atomic E-state index is 0.0733. The van der Waals surface area contributed by atoms with Gasteiger partial charge in [0.1, 0.15) is 11.4 Å². The Balaban J connectivity index is 1.11. The van der Waals surface area contributed by atoms with E-state index < -0.39 is 0 Å². The fourth-order valence-electron chi connectivity index (χ4n) is 3.76. The Kier molecular flexibility index (Phi) is 4.94. The molecule has 3 aromatic heterocycles. The molecule has 6 rings (SSSR count). The lowest BCUT2D eigenvalue weighted by atomic mass is 10.0. The lowest BCUT2D eigenvalue weighted by Crippen LogP contribution is -2.12. The molecule has 0 saturated heterocycles. The molecule has 0 aliphatic heterocycles. The summed E-state index contributed by atoms with van der Waals surface area (Å²) >= 11 is 4.50. The van der Waals surface area contributed by atoms with Gasteiger partial charge in [-0.1, -0.05) is 54.2 Å². The van der Waals surface area contributed by atoms with Crippen molar-refractivity contribution in [2.45, 2.75) is 11.6 Å². The molecule has 156 valence electrons. The van der Waals surface area contributed by atoms with Gasteiger partial charge in [0.15, 0.2) is 5.13 Å². The lowest BCUT2D eigenvalue weighted by molar-refractivity contribution is -0.115. The Hall–Kier alpha value is -3.14. The first kappa shape index (κ1) is 19.5. The number of hydrogen-bond donors (Lipinski definition) is 1. The Bertz CT molecular complexity index is 1460. The number of carbonyl (C=O) groups excluding carboxylic acids is 1. The van der Waals surface area contributed by atoms with Gasteiger partial charge in [0.2, 0.25) is 11.1 Å². The second-order valence-corrected chi connectivity index (χ2v) is 10.0. The number of fused-ring (bicyclic) bond motifs is 3. The largest absolute Gasteiger partial charge is 0.302 e. The molecule has 0 bridgehead atoms. The predicted octanol–water partition coefficient (Wildman–Crippen LogP) is 5.98. The van der Waals surface area contributed by atoms with E-state index in [1.54, 1.807) is 11.3 Å². The third-order valence-corrected chi connectivity index (χ3v) is 7.66. The SMILES string of the molecule is O=C(CCSc1nnc2c(n1)-c1cccc3cccc-2c13)Nc1nc(-c2cccs2)cs1. The quantitative estimate of drug-likeness (QED) is 0.300. The number of benzene rings is 2. The van der Waals surface area contributed by atoms with Crippen LogP contribution in [-0.2, 0) is 4.79 Å². The van der Waals surface area contributed by atoms with E-state index in [1.807, 2.05) is 35.0 Å². The summed E-state index contributed by atoms with van der Waals surface area (Å²) in [6, 6.07) is 16.4. The maximum atomic E-state index is 12.3. The first-order valence-corrected chi connectivity index (χ1v) is 12.7. The molecule has 1 aliphatic carbocycles. The van der Waals surface area contributed by atoms with E-state index >= 15 is 0 Å². The molecule has 2 aromatic carbocycles. The molecular weight excluding hydrogens is 458 g/mol. The second kappa shape index (κ2) is 8.09. The molecule has 1 amide bonds. The highest BCUT2D eigenvalue weighted by molar-refractivity contribution is 7.99. The van der Waals surface area contributed by atoms with Gasteiger partial charge < -0.3 is 5.32 Å². The Morgan fingerprint density at radius 2 is 1.78 bits per heavy atom. The number of anilines is 1. The van der Waals surface area contributed by atoms with Gasteiger partial charge in [-0.25, -0.2) is 9.97 Å². The van der Waals surface area contributed by atoms with Crippen LogP contribution in [0.15, 0.2) is 64.4 Å². The molecule has 9 heteroatoms. The van der Waals surface area contributed by atoms with Gasteiger partial charge in [0.05, 0.1) is 10.6 Å². The van der Waals surface area contributed by atoms with Crippen molar-refractivity contribution < 1.29 is 4.79 Å². The van der Waals surface area contributed by atoms with Crippen LogP contribution >= 0.6 is 34.4 Å².